The summed E-state index contributed by atoms with van der Waals surface area (Å²) in [7, 11) is -2.07. The molecule has 0 amide bonds. The summed E-state index contributed by atoms with van der Waals surface area (Å²) < 4.78 is 29.2. The summed E-state index contributed by atoms with van der Waals surface area (Å²) in [5.41, 5.74) is 1.33. The molecular formula is C15H16N2O3S. The van der Waals surface area contributed by atoms with Crippen LogP contribution in [0, 0.1) is 0 Å². The molecule has 2 aromatic rings. The quantitative estimate of drug-likeness (QED) is 0.681. The molecule has 1 N–H and O–H groups in total. The van der Waals surface area contributed by atoms with E-state index in [-0.39, 0.29) is 4.90 Å². The highest BCUT2D eigenvalue weighted by Crippen LogP contribution is 2.13. The Balaban J connectivity index is 2.20. The van der Waals surface area contributed by atoms with E-state index in [4.69, 9.17) is 4.74 Å². The Morgan fingerprint density at radius 1 is 1.10 bits per heavy atom. The number of benzene rings is 2. The zero-order valence-corrected chi connectivity index (χ0v) is 12.6. The number of methoxy groups -OCH3 is 1. The molecular weight excluding hydrogens is 288 g/mol. The van der Waals surface area contributed by atoms with Crippen molar-refractivity contribution >= 4 is 15.7 Å². The summed E-state index contributed by atoms with van der Waals surface area (Å²) in [6, 6.07) is 15.3. The molecule has 6 heteroatoms. The van der Waals surface area contributed by atoms with Crippen LogP contribution in [0.5, 0.6) is 5.75 Å². The van der Waals surface area contributed by atoms with Crippen LogP contribution >= 0.6 is 0 Å². The number of hydrogen-bond donors (Lipinski definition) is 1. The minimum atomic E-state index is -3.65. The zero-order chi connectivity index (χ0) is 15.3. The second-order valence-electron chi connectivity index (χ2n) is 4.34. The second kappa shape index (κ2) is 6.41. The van der Waals surface area contributed by atoms with Gasteiger partial charge in [0.25, 0.3) is 10.0 Å². The van der Waals surface area contributed by atoms with Gasteiger partial charge in [-0.2, -0.15) is 18.4 Å². The number of hydrazone groups is 1. The molecule has 0 heterocycles. The Morgan fingerprint density at radius 2 is 1.81 bits per heavy atom. The zero-order valence-electron chi connectivity index (χ0n) is 11.8. The molecule has 5 nitrogen and oxygen atoms in total. The Labute approximate surface area is 124 Å². The largest absolute Gasteiger partial charge is 0.497 e. The first-order valence-corrected chi connectivity index (χ1v) is 7.77. The molecule has 0 fully saturated rings. The lowest BCUT2D eigenvalue weighted by Gasteiger charge is -2.06. The van der Waals surface area contributed by atoms with Crippen LogP contribution in [0.4, 0.5) is 0 Å². The lowest BCUT2D eigenvalue weighted by molar-refractivity contribution is 0.414. The van der Waals surface area contributed by atoms with Crippen LogP contribution < -0.4 is 9.57 Å². The van der Waals surface area contributed by atoms with E-state index in [1.807, 2.05) is 18.2 Å². The maximum absolute atomic E-state index is 12.0. The SMILES string of the molecule is COc1cccc(/C(C)=N\NS(=O)(=O)c2ccccc2)c1. The third-order valence-corrected chi connectivity index (χ3v) is 4.10. The average Bonchev–Trinajstić information content (AvgIpc) is 2.53. The third-order valence-electron chi connectivity index (χ3n) is 2.87. The second-order valence-corrected chi connectivity index (χ2v) is 6.00. The van der Waals surface area contributed by atoms with Crippen LogP contribution in [0.25, 0.3) is 0 Å². The number of rotatable bonds is 5. The normalized spacial score (nSPS) is 12.0. The maximum atomic E-state index is 12.0. The smallest absolute Gasteiger partial charge is 0.276 e. The van der Waals surface area contributed by atoms with Crippen molar-refractivity contribution in [2.24, 2.45) is 5.10 Å². The molecule has 0 aromatic heterocycles. The molecule has 0 radical (unpaired) electrons. The van der Waals surface area contributed by atoms with Gasteiger partial charge in [-0.05, 0) is 31.2 Å². The lowest BCUT2D eigenvalue weighted by atomic mass is 10.1. The summed E-state index contributed by atoms with van der Waals surface area (Å²) in [5.74, 6) is 0.688. The highest BCUT2D eigenvalue weighted by Gasteiger charge is 2.12. The summed E-state index contributed by atoms with van der Waals surface area (Å²) in [6.45, 7) is 1.72. The molecule has 21 heavy (non-hydrogen) atoms. The number of sulfonamides is 1. The van der Waals surface area contributed by atoms with E-state index in [2.05, 4.69) is 9.93 Å². The van der Waals surface area contributed by atoms with Gasteiger partial charge in [0.2, 0.25) is 0 Å². The molecule has 0 atom stereocenters. The molecule has 0 saturated heterocycles. The molecule has 0 aliphatic heterocycles. The van der Waals surface area contributed by atoms with Gasteiger partial charge in [-0.25, -0.2) is 0 Å². The minimum absolute atomic E-state index is 0.173. The fourth-order valence-electron chi connectivity index (χ4n) is 1.69. The topological polar surface area (TPSA) is 67.8 Å². The van der Waals surface area contributed by atoms with Gasteiger partial charge in [-0.15, -0.1) is 0 Å². The van der Waals surface area contributed by atoms with Gasteiger partial charge in [0, 0.05) is 5.56 Å². The van der Waals surface area contributed by atoms with E-state index in [0.717, 1.165) is 5.56 Å². The van der Waals surface area contributed by atoms with E-state index >= 15 is 0 Å². The van der Waals surface area contributed by atoms with Gasteiger partial charge in [0.05, 0.1) is 17.7 Å². The van der Waals surface area contributed by atoms with Gasteiger partial charge < -0.3 is 4.74 Å². The van der Waals surface area contributed by atoms with Crippen molar-refractivity contribution in [3.05, 3.63) is 60.2 Å². The van der Waals surface area contributed by atoms with Crippen molar-refractivity contribution in [1.29, 1.82) is 0 Å². The van der Waals surface area contributed by atoms with E-state index in [0.29, 0.717) is 11.5 Å². The van der Waals surface area contributed by atoms with Gasteiger partial charge in [-0.3, -0.25) is 0 Å². The van der Waals surface area contributed by atoms with Crippen LogP contribution in [-0.4, -0.2) is 21.2 Å². The van der Waals surface area contributed by atoms with E-state index in [9.17, 15) is 8.42 Å². The molecule has 110 valence electrons. The predicted molar refractivity (Wildman–Crippen MR) is 82.0 cm³/mol. The van der Waals surface area contributed by atoms with Crippen LogP contribution in [-0.2, 0) is 10.0 Å². The summed E-state index contributed by atoms with van der Waals surface area (Å²) in [5, 5.41) is 3.94. The third kappa shape index (κ3) is 3.82. The van der Waals surface area contributed by atoms with Gasteiger partial charge >= 0.3 is 0 Å². The lowest BCUT2D eigenvalue weighted by Crippen LogP contribution is -2.19. The van der Waals surface area contributed by atoms with Crippen LogP contribution in [0.3, 0.4) is 0 Å². The monoisotopic (exact) mass is 304 g/mol. The molecule has 0 unspecified atom stereocenters. The van der Waals surface area contributed by atoms with Crippen LogP contribution in [0.2, 0.25) is 0 Å². The van der Waals surface area contributed by atoms with Crippen LogP contribution in [0.1, 0.15) is 12.5 Å². The van der Waals surface area contributed by atoms with Crippen molar-refractivity contribution in [2.75, 3.05) is 7.11 Å². The van der Waals surface area contributed by atoms with E-state index < -0.39 is 10.0 Å². The number of hydrogen-bond acceptors (Lipinski definition) is 4. The molecule has 0 spiro atoms. The molecule has 2 aromatic carbocycles. The van der Waals surface area contributed by atoms with Gasteiger partial charge in [-0.1, -0.05) is 30.3 Å². The molecule has 0 saturated carbocycles. The first-order valence-electron chi connectivity index (χ1n) is 6.28. The molecule has 0 aliphatic rings. The molecule has 0 bridgehead atoms. The van der Waals surface area contributed by atoms with Crippen LogP contribution in [0.15, 0.2) is 64.6 Å². The van der Waals surface area contributed by atoms with Crippen molar-refractivity contribution < 1.29 is 13.2 Å². The first kappa shape index (κ1) is 15.1. The number of nitrogens with zero attached hydrogens (tertiary/aromatic N) is 1. The fraction of sp³-hybridized carbons (Fsp3) is 0.133. The van der Waals surface area contributed by atoms with E-state index in [1.165, 1.54) is 12.1 Å². The standard InChI is InChI=1S/C15H16N2O3S/c1-12(13-7-6-8-14(11-13)20-2)16-17-21(18,19)15-9-4-3-5-10-15/h3-11,17H,1-2H3/b16-12-. The first-order chi connectivity index (χ1) is 10.0. The van der Waals surface area contributed by atoms with Crippen molar-refractivity contribution in [1.82, 2.24) is 4.83 Å². The fourth-order valence-corrected chi connectivity index (χ4v) is 2.57. The Kier molecular flexibility index (Phi) is 4.59. The highest BCUT2D eigenvalue weighted by atomic mass is 32.2. The summed E-state index contributed by atoms with van der Waals surface area (Å²) in [6.07, 6.45) is 0. The Morgan fingerprint density at radius 3 is 2.48 bits per heavy atom. The van der Waals surface area contributed by atoms with Crippen molar-refractivity contribution in [3.63, 3.8) is 0 Å². The molecule has 2 rings (SSSR count). The van der Waals surface area contributed by atoms with Crippen molar-refractivity contribution in [2.45, 2.75) is 11.8 Å². The minimum Gasteiger partial charge on any atom is -0.497 e. The summed E-state index contributed by atoms with van der Waals surface area (Å²) in [4.78, 5) is 2.40. The summed E-state index contributed by atoms with van der Waals surface area (Å²) >= 11 is 0. The number of ether oxygens (including phenoxy) is 1. The molecule has 0 aliphatic carbocycles. The van der Waals surface area contributed by atoms with Gasteiger partial charge in [0.15, 0.2) is 0 Å². The van der Waals surface area contributed by atoms with Gasteiger partial charge in [0.1, 0.15) is 5.75 Å². The predicted octanol–water partition coefficient (Wildman–Crippen LogP) is 2.40. The maximum Gasteiger partial charge on any atom is 0.276 e. The average molecular weight is 304 g/mol. The highest BCUT2D eigenvalue weighted by molar-refractivity contribution is 7.89. The van der Waals surface area contributed by atoms with E-state index in [1.54, 1.807) is 38.3 Å². The Hall–Kier alpha value is -2.34. The number of nitrogens with one attached hydrogen (secondary N) is 1. The Bertz CT molecular complexity index is 741. The van der Waals surface area contributed by atoms with Crippen molar-refractivity contribution in [3.8, 4) is 5.75 Å².